The highest BCUT2D eigenvalue weighted by molar-refractivity contribution is 9.10. The molecule has 1 saturated carbocycles. The van der Waals surface area contributed by atoms with Crippen molar-refractivity contribution < 1.29 is 0 Å². The summed E-state index contributed by atoms with van der Waals surface area (Å²) in [6, 6.07) is 2.17. The van der Waals surface area contributed by atoms with E-state index < -0.39 is 0 Å². The van der Waals surface area contributed by atoms with Crippen LogP contribution in [0.4, 0.5) is 0 Å². The van der Waals surface area contributed by atoms with Crippen molar-refractivity contribution in [3.63, 3.8) is 0 Å². The van der Waals surface area contributed by atoms with Crippen molar-refractivity contribution in [2.45, 2.75) is 51.3 Å². The van der Waals surface area contributed by atoms with Gasteiger partial charge in [0, 0.05) is 14.2 Å². The van der Waals surface area contributed by atoms with Crippen molar-refractivity contribution in [3.8, 4) is 0 Å². The molecule has 0 amide bonds. The first-order chi connectivity index (χ1) is 8.40. The van der Waals surface area contributed by atoms with Crippen LogP contribution in [0, 0.1) is 17.3 Å². The Labute approximate surface area is 132 Å². The fraction of sp³-hybridized carbons (Fsp3) is 0.733. The van der Waals surface area contributed by atoms with Gasteiger partial charge in [0.15, 0.2) is 0 Å². The maximum absolute atomic E-state index is 3.95. The van der Waals surface area contributed by atoms with E-state index in [2.05, 4.69) is 64.1 Å². The van der Waals surface area contributed by atoms with E-state index in [1.54, 1.807) is 0 Å². The first-order valence-electron chi connectivity index (χ1n) is 6.76. The molecule has 0 spiro atoms. The third-order valence-electron chi connectivity index (χ3n) is 4.35. The summed E-state index contributed by atoms with van der Waals surface area (Å²) in [5.74, 6) is 1.68. The van der Waals surface area contributed by atoms with E-state index >= 15 is 0 Å². The predicted molar refractivity (Wildman–Crippen MR) is 88.7 cm³/mol. The minimum atomic E-state index is 0.377. The molecule has 1 aromatic heterocycles. The van der Waals surface area contributed by atoms with Crippen molar-refractivity contribution in [3.05, 3.63) is 20.8 Å². The maximum Gasteiger partial charge on any atom is 0.0314 e. The summed E-state index contributed by atoms with van der Waals surface area (Å²) < 4.78 is 1.29. The molecule has 2 rings (SSSR count). The minimum Gasteiger partial charge on any atom is -0.148 e. The monoisotopic (exact) mass is 392 g/mol. The Hall–Kier alpha value is 0.660. The molecule has 1 heterocycles. The summed E-state index contributed by atoms with van der Waals surface area (Å²) in [5.41, 5.74) is 0.377. The first kappa shape index (κ1) is 15.1. The van der Waals surface area contributed by atoms with Crippen LogP contribution in [0.5, 0.6) is 0 Å². The molecular formula is C15H22Br2S. The predicted octanol–water partition coefficient (Wildman–Crippen LogP) is 6.28. The Morgan fingerprint density at radius 2 is 2.11 bits per heavy atom. The van der Waals surface area contributed by atoms with Crippen LogP contribution in [0.15, 0.2) is 15.9 Å². The molecule has 1 aliphatic rings. The second-order valence-corrected chi connectivity index (χ2v) is 9.43. The minimum absolute atomic E-state index is 0.377. The van der Waals surface area contributed by atoms with E-state index in [0.29, 0.717) is 10.2 Å². The van der Waals surface area contributed by atoms with E-state index in [-0.39, 0.29) is 0 Å². The van der Waals surface area contributed by atoms with Gasteiger partial charge >= 0.3 is 0 Å². The van der Waals surface area contributed by atoms with Crippen molar-refractivity contribution in [1.29, 1.82) is 0 Å². The third-order valence-corrected chi connectivity index (χ3v) is 7.28. The maximum atomic E-state index is 3.95. The van der Waals surface area contributed by atoms with Gasteiger partial charge in [0.1, 0.15) is 0 Å². The molecule has 1 aliphatic carbocycles. The fourth-order valence-electron chi connectivity index (χ4n) is 3.19. The van der Waals surface area contributed by atoms with Crippen LogP contribution >= 0.6 is 43.2 Å². The highest BCUT2D eigenvalue weighted by atomic mass is 79.9. The summed E-state index contributed by atoms with van der Waals surface area (Å²) in [7, 11) is 0. The molecule has 1 aromatic rings. The van der Waals surface area contributed by atoms with Crippen LogP contribution in [-0.4, -0.2) is 4.83 Å². The lowest BCUT2D eigenvalue weighted by atomic mass is 9.67. The summed E-state index contributed by atoms with van der Waals surface area (Å²) in [4.78, 5) is 2.19. The highest BCUT2D eigenvalue weighted by Gasteiger charge is 2.38. The molecule has 1 fully saturated rings. The zero-order valence-electron chi connectivity index (χ0n) is 11.4. The van der Waals surface area contributed by atoms with Gasteiger partial charge in [-0.3, -0.25) is 0 Å². The summed E-state index contributed by atoms with van der Waals surface area (Å²) >= 11 is 9.49. The van der Waals surface area contributed by atoms with Gasteiger partial charge in [-0.25, -0.2) is 0 Å². The van der Waals surface area contributed by atoms with Gasteiger partial charge < -0.3 is 0 Å². The normalized spacial score (nSPS) is 29.5. The van der Waals surface area contributed by atoms with Crippen LogP contribution in [-0.2, 0) is 6.42 Å². The van der Waals surface area contributed by atoms with Crippen LogP contribution in [0.1, 0.15) is 44.9 Å². The van der Waals surface area contributed by atoms with Gasteiger partial charge in [0.25, 0.3) is 0 Å². The molecule has 0 aromatic carbocycles. The van der Waals surface area contributed by atoms with Gasteiger partial charge in [-0.1, -0.05) is 43.1 Å². The average Bonchev–Trinajstić information content (AvgIpc) is 2.63. The van der Waals surface area contributed by atoms with Crippen LogP contribution in [0.25, 0.3) is 0 Å². The number of hydrogen-bond acceptors (Lipinski definition) is 1. The number of halogens is 2. The third kappa shape index (κ3) is 3.40. The number of hydrogen-bond donors (Lipinski definition) is 0. The lowest BCUT2D eigenvalue weighted by Crippen LogP contribution is -2.36. The highest BCUT2D eigenvalue weighted by Crippen LogP contribution is 2.46. The topological polar surface area (TPSA) is 0 Å². The first-order valence-corrected chi connectivity index (χ1v) is 9.35. The Kier molecular flexibility index (Phi) is 4.99. The Morgan fingerprint density at radius 3 is 2.67 bits per heavy atom. The zero-order valence-corrected chi connectivity index (χ0v) is 15.4. The Morgan fingerprint density at radius 1 is 1.39 bits per heavy atom. The van der Waals surface area contributed by atoms with Crippen molar-refractivity contribution in [2.75, 3.05) is 0 Å². The molecule has 3 atom stereocenters. The molecular weight excluding hydrogens is 372 g/mol. The van der Waals surface area contributed by atoms with Crippen LogP contribution in [0.3, 0.4) is 0 Å². The standard InChI is InChI=1S/C15H22Br2S/c1-10-4-5-11(13(17)8-10)15(2,3)9-14-12(16)6-7-18-14/h6-7,10-11,13H,4-5,8-9H2,1-3H3. The summed E-state index contributed by atoms with van der Waals surface area (Å²) in [6.45, 7) is 7.26. The van der Waals surface area contributed by atoms with E-state index in [0.717, 1.165) is 11.8 Å². The van der Waals surface area contributed by atoms with E-state index in [4.69, 9.17) is 0 Å². The Balaban J connectivity index is 2.08. The zero-order chi connectivity index (χ0) is 13.3. The average molecular weight is 394 g/mol. The molecule has 0 saturated heterocycles. The van der Waals surface area contributed by atoms with Gasteiger partial charge in [-0.05, 0) is 63.9 Å². The molecule has 0 N–H and O–H groups in total. The quantitative estimate of drug-likeness (QED) is 0.530. The summed E-state index contributed by atoms with van der Waals surface area (Å²) in [5, 5.41) is 2.18. The van der Waals surface area contributed by atoms with Crippen molar-refractivity contribution >= 4 is 43.2 Å². The molecule has 0 nitrogen and oxygen atoms in total. The molecule has 0 aliphatic heterocycles. The number of alkyl halides is 1. The number of thiophene rings is 1. The molecule has 3 heteroatoms. The van der Waals surface area contributed by atoms with Gasteiger partial charge in [0.05, 0.1) is 0 Å². The lowest BCUT2D eigenvalue weighted by Gasteiger charge is -2.42. The van der Waals surface area contributed by atoms with Gasteiger partial charge in [-0.2, -0.15) is 0 Å². The largest absolute Gasteiger partial charge is 0.148 e. The van der Waals surface area contributed by atoms with E-state index in [1.165, 1.54) is 35.0 Å². The second-order valence-electron chi connectivity index (χ2n) is 6.40. The summed E-state index contributed by atoms with van der Waals surface area (Å²) in [6.07, 6.45) is 5.28. The van der Waals surface area contributed by atoms with Crippen molar-refractivity contribution in [2.24, 2.45) is 17.3 Å². The second kappa shape index (κ2) is 5.97. The van der Waals surface area contributed by atoms with Crippen LogP contribution in [0.2, 0.25) is 0 Å². The van der Waals surface area contributed by atoms with E-state index in [1.807, 2.05) is 11.3 Å². The smallest absolute Gasteiger partial charge is 0.0314 e. The molecule has 0 radical (unpaired) electrons. The molecule has 3 unspecified atom stereocenters. The number of rotatable bonds is 3. The molecule has 0 bridgehead atoms. The lowest BCUT2D eigenvalue weighted by molar-refractivity contribution is 0.147. The van der Waals surface area contributed by atoms with Crippen molar-refractivity contribution in [1.82, 2.24) is 0 Å². The molecule has 102 valence electrons. The SMILES string of the molecule is CC1CCC(C(C)(C)Cc2sccc2Br)C(Br)C1. The Bertz CT molecular complexity index is 397. The van der Waals surface area contributed by atoms with E-state index in [9.17, 15) is 0 Å². The van der Waals surface area contributed by atoms with Gasteiger partial charge in [0.2, 0.25) is 0 Å². The van der Waals surface area contributed by atoms with Gasteiger partial charge in [-0.15, -0.1) is 11.3 Å². The molecule has 18 heavy (non-hydrogen) atoms. The van der Waals surface area contributed by atoms with Crippen LogP contribution < -0.4 is 0 Å². The fourth-order valence-corrected chi connectivity index (χ4v) is 6.54.